The van der Waals surface area contributed by atoms with Crippen LogP contribution in [0.3, 0.4) is 0 Å². The standard InChI is InChI=1S/C21H18N6O4S/c1-24-19(29)15-6-2-3-7-17(15)26-20(24)22-23-21(26)32-12-18(28)25-10-4-5-13-11-14(27(30)31)8-9-16(13)25/h2-3,6-9,11H,4-5,10,12H2,1H3. The zero-order valence-corrected chi connectivity index (χ0v) is 17.9. The van der Waals surface area contributed by atoms with Gasteiger partial charge in [0.05, 0.1) is 21.6 Å². The first-order valence-corrected chi connectivity index (χ1v) is 11.0. The van der Waals surface area contributed by atoms with E-state index in [1.54, 1.807) is 40.6 Å². The predicted molar refractivity (Wildman–Crippen MR) is 120 cm³/mol. The number of hydrogen-bond acceptors (Lipinski definition) is 7. The van der Waals surface area contributed by atoms with E-state index in [1.165, 1.54) is 22.4 Å². The Morgan fingerprint density at radius 2 is 2.03 bits per heavy atom. The second-order valence-electron chi connectivity index (χ2n) is 7.51. The smallest absolute Gasteiger partial charge is 0.269 e. The summed E-state index contributed by atoms with van der Waals surface area (Å²) in [7, 11) is 1.64. The van der Waals surface area contributed by atoms with E-state index in [9.17, 15) is 19.7 Å². The van der Waals surface area contributed by atoms with Crippen LogP contribution in [0.5, 0.6) is 0 Å². The number of aromatic nitrogens is 4. The third-order valence-electron chi connectivity index (χ3n) is 5.61. The van der Waals surface area contributed by atoms with Gasteiger partial charge in [-0.1, -0.05) is 23.9 Å². The highest BCUT2D eigenvalue weighted by Gasteiger charge is 2.25. The summed E-state index contributed by atoms with van der Waals surface area (Å²) >= 11 is 1.24. The van der Waals surface area contributed by atoms with Gasteiger partial charge >= 0.3 is 0 Å². The first-order chi connectivity index (χ1) is 15.5. The van der Waals surface area contributed by atoms with Gasteiger partial charge in [0.15, 0.2) is 5.16 Å². The molecule has 1 amide bonds. The molecule has 2 aromatic heterocycles. The molecule has 0 atom stereocenters. The molecule has 0 saturated heterocycles. The van der Waals surface area contributed by atoms with E-state index >= 15 is 0 Å². The molecule has 0 unspecified atom stereocenters. The number of para-hydroxylation sites is 1. The van der Waals surface area contributed by atoms with Gasteiger partial charge in [0.1, 0.15) is 0 Å². The molecule has 4 aromatic rings. The lowest BCUT2D eigenvalue weighted by molar-refractivity contribution is -0.384. The van der Waals surface area contributed by atoms with Gasteiger partial charge in [0.2, 0.25) is 11.7 Å². The van der Waals surface area contributed by atoms with Crippen LogP contribution < -0.4 is 10.5 Å². The highest BCUT2D eigenvalue weighted by atomic mass is 32.2. The second-order valence-corrected chi connectivity index (χ2v) is 8.45. The van der Waals surface area contributed by atoms with E-state index in [0.717, 1.165) is 12.0 Å². The SMILES string of the molecule is Cn1c(=O)c2ccccc2n2c(SCC(=O)N3CCCc4cc([N+](=O)[O-])ccc43)nnc12. The maximum absolute atomic E-state index is 13.1. The molecule has 2 aromatic carbocycles. The third-order valence-corrected chi connectivity index (χ3v) is 6.53. The molecule has 1 aliphatic rings. The molecule has 0 spiro atoms. The number of amides is 1. The molecule has 3 heterocycles. The summed E-state index contributed by atoms with van der Waals surface area (Å²) in [4.78, 5) is 37.9. The topological polar surface area (TPSA) is 116 Å². The van der Waals surface area contributed by atoms with Crippen molar-refractivity contribution in [2.24, 2.45) is 7.05 Å². The number of nitrogens with zero attached hydrogens (tertiary/aromatic N) is 6. The van der Waals surface area contributed by atoms with Crippen LogP contribution in [-0.2, 0) is 18.3 Å². The summed E-state index contributed by atoms with van der Waals surface area (Å²) in [6.07, 6.45) is 1.44. The average Bonchev–Trinajstić information content (AvgIpc) is 3.24. The van der Waals surface area contributed by atoms with Crippen LogP contribution in [0.4, 0.5) is 11.4 Å². The number of benzene rings is 2. The summed E-state index contributed by atoms with van der Waals surface area (Å²) in [5, 5.41) is 20.5. The molecule has 0 bridgehead atoms. The molecule has 0 aliphatic carbocycles. The summed E-state index contributed by atoms with van der Waals surface area (Å²) in [5.41, 5.74) is 2.07. The van der Waals surface area contributed by atoms with Gasteiger partial charge in [-0.05, 0) is 36.6 Å². The van der Waals surface area contributed by atoms with Crippen LogP contribution in [-0.4, -0.2) is 42.3 Å². The number of carbonyl (C=O) groups is 1. The van der Waals surface area contributed by atoms with Gasteiger partial charge in [-0.15, -0.1) is 10.2 Å². The van der Waals surface area contributed by atoms with Gasteiger partial charge in [0.25, 0.3) is 11.2 Å². The van der Waals surface area contributed by atoms with Crippen LogP contribution in [0.25, 0.3) is 16.7 Å². The normalized spacial score (nSPS) is 13.5. The summed E-state index contributed by atoms with van der Waals surface area (Å²) in [6, 6.07) is 11.8. The Labute approximate surface area is 185 Å². The van der Waals surface area contributed by atoms with Crippen molar-refractivity contribution in [1.82, 2.24) is 19.2 Å². The van der Waals surface area contributed by atoms with Crippen molar-refractivity contribution in [2.45, 2.75) is 18.0 Å². The van der Waals surface area contributed by atoms with Crippen LogP contribution >= 0.6 is 11.8 Å². The molecule has 5 rings (SSSR count). The zero-order valence-electron chi connectivity index (χ0n) is 17.1. The molecule has 162 valence electrons. The van der Waals surface area contributed by atoms with Crippen molar-refractivity contribution in [3.63, 3.8) is 0 Å². The Bertz CT molecular complexity index is 1460. The Morgan fingerprint density at radius 1 is 1.22 bits per heavy atom. The maximum atomic E-state index is 13.1. The number of fused-ring (bicyclic) bond motifs is 4. The summed E-state index contributed by atoms with van der Waals surface area (Å²) in [5.74, 6) is 0.406. The fraction of sp³-hybridized carbons (Fsp3) is 0.238. The Hall–Kier alpha value is -3.73. The molecule has 0 saturated carbocycles. The third kappa shape index (κ3) is 3.21. The number of nitro groups is 1. The van der Waals surface area contributed by atoms with Crippen molar-refractivity contribution in [3.8, 4) is 0 Å². The van der Waals surface area contributed by atoms with Crippen molar-refractivity contribution in [3.05, 3.63) is 68.5 Å². The van der Waals surface area contributed by atoms with Crippen LogP contribution in [0, 0.1) is 10.1 Å². The van der Waals surface area contributed by atoms with Gasteiger partial charge in [-0.3, -0.25) is 28.7 Å². The predicted octanol–water partition coefficient (Wildman–Crippen LogP) is 2.56. The first kappa shape index (κ1) is 20.2. The summed E-state index contributed by atoms with van der Waals surface area (Å²) in [6.45, 7) is 0.558. The number of anilines is 1. The van der Waals surface area contributed by atoms with E-state index in [1.807, 2.05) is 12.1 Å². The van der Waals surface area contributed by atoms with E-state index in [4.69, 9.17) is 0 Å². The monoisotopic (exact) mass is 450 g/mol. The molecular weight excluding hydrogens is 432 g/mol. The number of non-ortho nitro benzene ring substituents is 1. The number of carbonyl (C=O) groups excluding carboxylic acids is 1. The van der Waals surface area contributed by atoms with Crippen LogP contribution in [0.15, 0.2) is 52.4 Å². The van der Waals surface area contributed by atoms with Crippen LogP contribution in [0.2, 0.25) is 0 Å². The Balaban J connectivity index is 1.45. The number of rotatable bonds is 4. The minimum Gasteiger partial charge on any atom is -0.311 e. The van der Waals surface area contributed by atoms with Gasteiger partial charge < -0.3 is 4.90 Å². The molecule has 0 fully saturated rings. The molecule has 0 radical (unpaired) electrons. The fourth-order valence-corrected chi connectivity index (χ4v) is 4.88. The quantitative estimate of drug-likeness (QED) is 0.267. The minimum absolute atomic E-state index is 0.0276. The minimum atomic E-state index is -0.426. The van der Waals surface area contributed by atoms with Crippen molar-refractivity contribution < 1.29 is 9.72 Å². The molecule has 0 N–H and O–H groups in total. The molecule has 10 nitrogen and oxygen atoms in total. The maximum Gasteiger partial charge on any atom is 0.269 e. The lowest BCUT2D eigenvalue weighted by atomic mass is 10.0. The highest BCUT2D eigenvalue weighted by molar-refractivity contribution is 7.99. The van der Waals surface area contributed by atoms with Gasteiger partial charge in [-0.25, -0.2) is 0 Å². The van der Waals surface area contributed by atoms with Crippen molar-refractivity contribution in [1.29, 1.82) is 0 Å². The molecule has 11 heteroatoms. The van der Waals surface area contributed by atoms with Gasteiger partial charge in [0, 0.05) is 31.4 Å². The number of hydrogen-bond donors (Lipinski definition) is 0. The van der Waals surface area contributed by atoms with Gasteiger partial charge in [-0.2, -0.15) is 0 Å². The number of nitro benzene ring substituents is 1. The number of aryl methyl sites for hydroxylation is 2. The lowest BCUT2D eigenvalue weighted by Gasteiger charge is -2.29. The average molecular weight is 450 g/mol. The second kappa shape index (κ2) is 7.75. The lowest BCUT2D eigenvalue weighted by Crippen LogP contribution is -2.36. The van der Waals surface area contributed by atoms with Crippen molar-refractivity contribution >= 4 is 45.7 Å². The first-order valence-electron chi connectivity index (χ1n) is 9.99. The largest absolute Gasteiger partial charge is 0.311 e. The number of thioether (sulfide) groups is 1. The van der Waals surface area contributed by atoms with Crippen molar-refractivity contribution in [2.75, 3.05) is 17.2 Å². The zero-order chi connectivity index (χ0) is 22.4. The Morgan fingerprint density at radius 3 is 2.84 bits per heavy atom. The van der Waals surface area contributed by atoms with E-state index in [2.05, 4.69) is 10.2 Å². The van der Waals surface area contributed by atoms with E-state index < -0.39 is 4.92 Å². The molecular formula is C21H18N6O4S. The highest BCUT2D eigenvalue weighted by Crippen LogP contribution is 2.31. The fourth-order valence-electron chi connectivity index (χ4n) is 4.07. The summed E-state index contributed by atoms with van der Waals surface area (Å²) < 4.78 is 3.22. The molecule has 1 aliphatic heterocycles. The molecule has 32 heavy (non-hydrogen) atoms. The Kier molecular flexibility index (Phi) is 4.89. The van der Waals surface area contributed by atoms with E-state index in [0.29, 0.717) is 40.5 Å². The van der Waals surface area contributed by atoms with Crippen LogP contribution in [0.1, 0.15) is 12.0 Å². The van der Waals surface area contributed by atoms with E-state index in [-0.39, 0.29) is 22.9 Å².